The Balaban J connectivity index is 1.78. The summed E-state index contributed by atoms with van der Waals surface area (Å²) in [5, 5.41) is 0. The van der Waals surface area contributed by atoms with Gasteiger partial charge in [-0.2, -0.15) is 0 Å². The summed E-state index contributed by atoms with van der Waals surface area (Å²) in [6.07, 6.45) is 0.495. The molecule has 0 saturated heterocycles. The van der Waals surface area contributed by atoms with E-state index in [0.29, 0.717) is 18.7 Å². The molecule has 2 aromatic carbocycles. The van der Waals surface area contributed by atoms with Crippen molar-refractivity contribution in [3.63, 3.8) is 0 Å². The topological polar surface area (TPSA) is 64.1 Å². The van der Waals surface area contributed by atoms with E-state index in [1.807, 2.05) is 60.7 Å². The molecule has 122 valence electrons. The molecule has 5 heteroatoms. The van der Waals surface area contributed by atoms with Crippen LogP contribution < -0.4 is 11.2 Å². The maximum atomic E-state index is 12.1. The third-order valence-electron chi connectivity index (χ3n) is 3.68. The standard InChI is InChI=1S/C19H18N2O3/c22-18-12-17(11-15-7-3-1-4-8-15)21(19(23)20-18)14-24-13-16-9-5-2-6-10-16/h1-10,12H,11,13-14H2,(H,20,22,23). The van der Waals surface area contributed by atoms with Crippen LogP contribution in [0.1, 0.15) is 16.8 Å². The Morgan fingerprint density at radius 1 is 0.875 bits per heavy atom. The molecule has 0 spiro atoms. The lowest BCUT2D eigenvalue weighted by Gasteiger charge is -2.12. The number of nitrogens with one attached hydrogen (secondary N) is 1. The number of aromatic amines is 1. The fourth-order valence-electron chi connectivity index (χ4n) is 2.49. The average molecular weight is 322 g/mol. The SMILES string of the molecule is O=c1cc(Cc2ccccc2)n(COCc2ccccc2)c(=O)[nH]1. The van der Waals surface area contributed by atoms with E-state index in [2.05, 4.69) is 4.98 Å². The number of aromatic nitrogens is 2. The number of hydrogen-bond acceptors (Lipinski definition) is 3. The lowest BCUT2D eigenvalue weighted by atomic mass is 10.1. The Hall–Kier alpha value is -2.92. The van der Waals surface area contributed by atoms with Gasteiger partial charge in [0.1, 0.15) is 6.73 Å². The molecule has 5 nitrogen and oxygen atoms in total. The summed E-state index contributed by atoms with van der Waals surface area (Å²) in [5.74, 6) is 0. The second-order valence-corrected chi connectivity index (χ2v) is 5.48. The van der Waals surface area contributed by atoms with Gasteiger partial charge in [-0.25, -0.2) is 4.79 Å². The van der Waals surface area contributed by atoms with Gasteiger partial charge in [-0.1, -0.05) is 60.7 Å². The summed E-state index contributed by atoms with van der Waals surface area (Å²) < 4.78 is 7.10. The first-order valence-corrected chi connectivity index (χ1v) is 7.71. The van der Waals surface area contributed by atoms with E-state index < -0.39 is 11.2 Å². The van der Waals surface area contributed by atoms with Gasteiger partial charge >= 0.3 is 5.69 Å². The minimum absolute atomic E-state index is 0.0900. The zero-order chi connectivity index (χ0) is 16.8. The summed E-state index contributed by atoms with van der Waals surface area (Å²) in [4.78, 5) is 26.0. The smallest absolute Gasteiger partial charge is 0.330 e. The minimum Gasteiger partial charge on any atom is -0.356 e. The van der Waals surface area contributed by atoms with Gasteiger partial charge in [0.25, 0.3) is 5.56 Å². The highest BCUT2D eigenvalue weighted by atomic mass is 16.5. The third-order valence-corrected chi connectivity index (χ3v) is 3.68. The van der Waals surface area contributed by atoms with Crippen LogP contribution in [0.2, 0.25) is 0 Å². The molecule has 0 aliphatic carbocycles. The summed E-state index contributed by atoms with van der Waals surface area (Å²) in [5.41, 5.74) is 1.83. The first-order chi connectivity index (χ1) is 11.7. The van der Waals surface area contributed by atoms with E-state index in [9.17, 15) is 9.59 Å². The van der Waals surface area contributed by atoms with Gasteiger partial charge in [-0.05, 0) is 11.1 Å². The van der Waals surface area contributed by atoms with Crippen molar-refractivity contribution in [2.75, 3.05) is 0 Å². The van der Waals surface area contributed by atoms with Gasteiger partial charge in [0.05, 0.1) is 6.61 Å². The summed E-state index contributed by atoms with van der Waals surface area (Å²) in [6, 6.07) is 20.9. The van der Waals surface area contributed by atoms with Crippen molar-refractivity contribution in [2.45, 2.75) is 19.8 Å². The van der Waals surface area contributed by atoms with Crippen molar-refractivity contribution < 1.29 is 4.74 Å². The van der Waals surface area contributed by atoms with Crippen molar-refractivity contribution in [2.24, 2.45) is 0 Å². The largest absolute Gasteiger partial charge is 0.356 e. The van der Waals surface area contributed by atoms with E-state index in [-0.39, 0.29) is 6.73 Å². The van der Waals surface area contributed by atoms with E-state index in [4.69, 9.17) is 4.74 Å². The van der Waals surface area contributed by atoms with E-state index in [1.165, 1.54) is 10.6 Å². The molecule has 0 fully saturated rings. The predicted octanol–water partition coefficient (Wildman–Crippen LogP) is 2.30. The van der Waals surface area contributed by atoms with Gasteiger partial charge in [0.2, 0.25) is 0 Å². The van der Waals surface area contributed by atoms with Crippen LogP contribution in [0.15, 0.2) is 76.3 Å². The molecular formula is C19H18N2O3. The molecule has 0 unspecified atom stereocenters. The number of rotatable bonds is 6. The Morgan fingerprint density at radius 3 is 2.17 bits per heavy atom. The molecule has 1 N–H and O–H groups in total. The van der Waals surface area contributed by atoms with Gasteiger partial charge in [-0.15, -0.1) is 0 Å². The predicted molar refractivity (Wildman–Crippen MR) is 91.8 cm³/mol. The Kier molecular flexibility index (Phi) is 5.03. The highest BCUT2D eigenvalue weighted by Crippen LogP contribution is 2.07. The van der Waals surface area contributed by atoms with Crippen molar-refractivity contribution in [3.05, 3.63) is 104 Å². The number of H-pyrrole nitrogens is 1. The molecular weight excluding hydrogens is 304 g/mol. The maximum absolute atomic E-state index is 12.1. The van der Waals surface area contributed by atoms with Crippen LogP contribution in [0.4, 0.5) is 0 Å². The number of benzene rings is 2. The van der Waals surface area contributed by atoms with Gasteiger partial charge < -0.3 is 4.74 Å². The second-order valence-electron chi connectivity index (χ2n) is 5.48. The minimum atomic E-state index is -0.457. The highest BCUT2D eigenvalue weighted by Gasteiger charge is 2.07. The molecule has 0 atom stereocenters. The molecule has 0 aliphatic rings. The summed E-state index contributed by atoms with van der Waals surface area (Å²) in [6.45, 7) is 0.490. The highest BCUT2D eigenvalue weighted by molar-refractivity contribution is 5.21. The summed E-state index contributed by atoms with van der Waals surface area (Å²) in [7, 11) is 0. The average Bonchev–Trinajstić information content (AvgIpc) is 2.59. The molecule has 3 rings (SSSR count). The van der Waals surface area contributed by atoms with E-state index >= 15 is 0 Å². The first-order valence-electron chi connectivity index (χ1n) is 7.71. The fourth-order valence-corrected chi connectivity index (χ4v) is 2.49. The van der Waals surface area contributed by atoms with Gasteiger partial charge in [-0.3, -0.25) is 14.3 Å². The molecule has 24 heavy (non-hydrogen) atoms. The van der Waals surface area contributed by atoms with Crippen LogP contribution in [-0.4, -0.2) is 9.55 Å². The van der Waals surface area contributed by atoms with Crippen molar-refractivity contribution >= 4 is 0 Å². The number of ether oxygens (including phenoxy) is 1. The number of nitrogens with zero attached hydrogens (tertiary/aromatic N) is 1. The second kappa shape index (κ2) is 7.57. The Labute approximate surface area is 139 Å². The van der Waals surface area contributed by atoms with Gasteiger partial charge in [0.15, 0.2) is 0 Å². The number of hydrogen-bond donors (Lipinski definition) is 1. The lowest BCUT2D eigenvalue weighted by Crippen LogP contribution is -2.33. The van der Waals surface area contributed by atoms with Crippen LogP contribution in [0.5, 0.6) is 0 Å². The molecule has 0 amide bonds. The molecule has 0 saturated carbocycles. The van der Waals surface area contributed by atoms with Gasteiger partial charge in [0, 0.05) is 18.2 Å². The quantitative estimate of drug-likeness (QED) is 0.757. The molecule has 1 aromatic heterocycles. The van der Waals surface area contributed by atoms with E-state index in [1.54, 1.807) is 0 Å². The molecule has 0 radical (unpaired) electrons. The van der Waals surface area contributed by atoms with Crippen LogP contribution in [0.3, 0.4) is 0 Å². The van der Waals surface area contributed by atoms with Crippen molar-refractivity contribution in [1.29, 1.82) is 0 Å². The zero-order valence-electron chi connectivity index (χ0n) is 13.1. The maximum Gasteiger partial charge on any atom is 0.330 e. The van der Waals surface area contributed by atoms with Crippen molar-refractivity contribution in [3.8, 4) is 0 Å². The third kappa shape index (κ3) is 4.08. The van der Waals surface area contributed by atoms with Crippen LogP contribution in [0.25, 0.3) is 0 Å². The molecule has 0 bridgehead atoms. The zero-order valence-corrected chi connectivity index (χ0v) is 13.1. The molecule has 3 aromatic rings. The molecule has 0 aliphatic heterocycles. The first kappa shape index (κ1) is 16.0. The Morgan fingerprint density at radius 2 is 1.50 bits per heavy atom. The van der Waals surface area contributed by atoms with Crippen LogP contribution in [0, 0.1) is 0 Å². The van der Waals surface area contributed by atoms with E-state index in [0.717, 1.165) is 11.1 Å². The monoisotopic (exact) mass is 322 g/mol. The molecule has 1 heterocycles. The van der Waals surface area contributed by atoms with Crippen LogP contribution >= 0.6 is 0 Å². The normalized spacial score (nSPS) is 10.7. The summed E-state index contributed by atoms with van der Waals surface area (Å²) >= 11 is 0. The Bertz CT molecular complexity index is 899. The van der Waals surface area contributed by atoms with Crippen LogP contribution in [-0.2, 0) is 24.5 Å². The fraction of sp³-hybridized carbons (Fsp3) is 0.158. The van der Waals surface area contributed by atoms with Crippen molar-refractivity contribution in [1.82, 2.24) is 9.55 Å². The lowest BCUT2D eigenvalue weighted by molar-refractivity contribution is 0.0591.